The standard InChI is InChI=1S/C28H26N2O3S.ClH/c1-33-28(32)26-23-14-15-30(17-19-8-3-2-4-9-19)18-24(23)34-27(26)29-25(31)16-21-12-7-11-20-10-5-6-13-22(20)21;/h2-13H,14-18H2,1H3,(H,29,31);1H. The Hall–Kier alpha value is -3.19. The summed E-state index contributed by atoms with van der Waals surface area (Å²) in [4.78, 5) is 29.2. The molecule has 7 heteroatoms. The van der Waals surface area contributed by atoms with Gasteiger partial charge < -0.3 is 10.1 Å². The zero-order valence-electron chi connectivity index (χ0n) is 19.5. The molecule has 0 unspecified atom stereocenters. The molecule has 0 atom stereocenters. The highest BCUT2D eigenvalue weighted by Gasteiger charge is 2.29. The van der Waals surface area contributed by atoms with E-state index in [1.54, 1.807) is 0 Å². The molecule has 5 nitrogen and oxygen atoms in total. The fourth-order valence-corrected chi connectivity index (χ4v) is 5.92. The largest absolute Gasteiger partial charge is 0.465 e. The van der Waals surface area contributed by atoms with Gasteiger partial charge in [0, 0.05) is 24.5 Å². The number of thiophene rings is 1. The van der Waals surface area contributed by atoms with E-state index in [9.17, 15) is 9.59 Å². The highest BCUT2D eigenvalue weighted by molar-refractivity contribution is 7.17. The van der Waals surface area contributed by atoms with Crippen LogP contribution in [0.25, 0.3) is 10.8 Å². The number of rotatable bonds is 6. The van der Waals surface area contributed by atoms with Gasteiger partial charge in [-0.3, -0.25) is 9.69 Å². The molecule has 1 N–H and O–H groups in total. The van der Waals surface area contributed by atoms with Crippen molar-refractivity contribution in [1.82, 2.24) is 4.90 Å². The number of benzene rings is 3. The second-order valence-electron chi connectivity index (χ2n) is 8.51. The maximum Gasteiger partial charge on any atom is 0.341 e. The van der Waals surface area contributed by atoms with Crippen LogP contribution in [0.1, 0.15) is 31.9 Å². The van der Waals surface area contributed by atoms with Crippen molar-refractivity contribution in [3.63, 3.8) is 0 Å². The normalized spacial score (nSPS) is 13.1. The average molecular weight is 507 g/mol. The van der Waals surface area contributed by atoms with Gasteiger partial charge >= 0.3 is 5.97 Å². The Morgan fingerprint density at radius 2 is 1.74 bits per heavy atom. The van der Waals surface area contributed by atoms with Crippen molar-refractivity contribution in [1.29, 1.82) is 0 Å². The van der Waals surface area contributed by atoms with E-state index >= 15 is 0 Å². The number of methoxy groups -OCH3 is 1. The smallest absolute Gasteiger partial charge is 0.341 e. The summed E-state index contributed by atoms with van der Waals surface area (Å²) in [6.45, 7) is 2.46. The van der Waals surface area contributed by atoms with E-state index in [-0.39, 0.29) is 24.7 Å². The third-order valence-corrected chi connectivity index (χ3v) is 7.39. The number of hydrogen-bond donors (Lipinski definition) is 1. The molecule has 0 spiro atoms. The van der Waals surface area contributed by atoms with E-state index in [1.807, 2.05) is 48.5 Å². The minimum absolute atomic E-state index is 0. The zero-order chi connectivity index (χ0) is 23.5. The van der Waals surface area contributed by atoms with Gasteiger partial charge in [0.2, 0.25) is 5.91 Å². The molecular formula is C28H27ClN2O3S. The first kappa shape index (κ1) is 24.9. The molecule has 35 heavy (non-hydrogen) atoms. The van der Waals surface area contributed by atoms with Gasteiger partial charge in [0.1, 0.15) is 5.00 Å². The van der Waals surface area contributed by atoms with E-state index in [1.165, 1.54) is 24.0 Å². The lowest BCUT2D eigenvalue weighted by Gasteiger charge is -2.27. The molecule has 1 amide bonds. The summed E-state index contributed by atoms with van der Waals surface area (Å²) in [5.74, 6) is -0.532. The Kier molecular flexibility index (Phi) is 7.86. The maximum absolute atomic E-state index is 13.0. The van der Waals surface area contributed by atoms with E-state index in [0.717, 1.165) is 52.8 Å². The predicted octanol–water partition coefficient (Wildman–Crippen LogP) is 5.85. The number of nitrogens with one attached hydrogen (secondary N) is 1. The summed E-state index contributed by atoms with van der Waals surface area (Å²) in [6.07, 6.45) is 0.993. The minimum Gasteiger partial charge on any atom is -0.465 e. The first-order chi connectivity index (χ1) is 16.6. The molecule has 0 bridgehead atoms. The minimum atomic E-state index is -0.394. The fraction of sp³-hybridized carbons (Fsp3) is 0.214. The topological polar surface area (TPSA) is 58.6 Å². The number of hydrogen-bond acceptors (Lipinski definition) is 5. The highest BCUT2D eigenvalue weighted by atomic mass is 35.5. The van der Waals surface area contributed by atoms with Gasteiger partial charge in [-0.1, -0.05) is 72.8 Å². The van der Waals surface area contributed by atoms with Crippen LogP contribution in [0.15, 0.2) is 72.8 Å². The molecular weight excluding hydrogens is 480 g/mol. The van der Waals surface area contributed by atoms with Crippen molar-refractivity contribution in [2.45, 2.75) is 25.9 Å². The third kappa shape index (κ3) is 5.40. The van der Waals surface area contributed by atoms with Gasteiger partial charge in [-0.25, -0.2) is 4.79 Å². The highest BCUT2D eigenvalue weighted by Crippen LogP contribution is 2.38. The summed E-state index contributed by atoms with van der Waals surface area (Å²) >= 11 is 1.49. The summed E-state index contributed by atoms with van der Waals surface area (Å²) in [6, 6.07) is 24.4. The summed E-state index contributed by atoms with van der Waals surface area (Å²) < 4.78 is 5.08. The molecule has 1 aliphatic heterocycles. The van der Waals surface area contributed by atoms with Gasteiger partial charge in [0.15, 0.2) is 0 Å². The number of fused-ring (bicyclic) bond motifs is 2. The lowest BCUT2D eigenvalue weighted by Crippen LogP contribution is -2.29. The van der Waals surface area contributed by atoms with Crippen LogP contribution in [0, 0.1) is 0 Å². The van der Waals surface area contributed by atoms with Crippen molar-refractivity contribution in [3.8, 4) is 0 Å². The Morgan fingerprint density at radius 3 is 2.54 bits per heavy atom. The van der Waals surface area contributed by atoms with Crippen LogP contribution in [0.2, 0.25) is 0 Å². The van der Waals surface area contributed by atoms with E-state index in [0.29, 0.717) is 10.6 Å². The van der Waals surface area contributed by atoms with Crippen molar-refractivity contribution in [2.75, 3.05) is 19.0 Å². The number of anilines is 1. The molecule has 0 saturated heterocycles. The number of esters is 1. The van der Waals surface area contributed by atoms with Crippen LogP contribution in [0.3, 0.4) is 0 Å². The van der Waals surface area contributed by atoms with Crippen LogP contribution >= 0.6 is 23.7 Å². The van der Waals surface area contributed by atoms with Crippen molar-refractivity contribution >= 4 is 51.4 Å². The van der Waals surface area contributed by atoms with E-state index < -0.39 is 5.97 Å². The van der Waals surface area contributed by atoms with Crippen molar-refractivity contribution < 1.29 is 14.3 Å². The molecule has 1 aromatic heterocycles. The molecule has 180 valence electrons. The summed E-state index contributed by atoms with van der Waals surface area (Å²) in [7, 11) is 1.39. The van der Waals surface area contributed by atoms with Gasteiger partial charge in [-0.2, -0.15) is 0 Å². The maximum atomic E-state index is 13.0. The van der Waals surface area contributed by atoms with Crippen LogP contribution in [0.4, 0.5) is 5.00 Å². The predicted molar refractivity (Wildman–Crippen MR) is 143 cm³/mol. The molecule has 4 aromatic rings. The number of halogens is 1. The number of nitrogens with zero attached hydrogens (tertiary/aromatic N) is 1. The molecule has 0 fully saturated rings. The van der Waals surface area contributed by atoms with Crippen molar-refractivity contribution in [2.24, 2.45) is 0 Å². The van der Waals surface area contributed by atoms with Gasteiger partial charge in [-0.05, 0) is 33.9 Å². The second-order valence-corrected chi connectivity index (χ2v) is 9.61. The molecule has 2 heterocycles. The monoisotopic (exact) mass is 506 g/mol. The first-order valence-electron chi connectivity index (χ1n) is 11.4. The second kappa shape index (κ2) is 11.0. The van der Waals surface area contributed by atoms with Crippen LogP contribution < -0.4 is 5.32 Å². The Balaban J connectivity index is 0.00000289. The summed E-state index contributed by atoms with van der Waals surface area (Å²) in [5.41, 5.74) is 3.74. The summed E-state index contributed by atoms with van der Waals surface area (Å²) in [5, 5.41) is 5.78. The Labute approximate surface area is 215 Å². The lowest BCUT2D eigenvalue weighted by molar-refractivity contribution is -0.115. The van der Waals surface area contributed by atoms with Crippen LogP contribution in [0.5, 0.6) is 0 Å². The van der Waals surface area contributed by atoms with Gasteiger partial charge in [0.25, 0.3) is 0 Å². The molecule has 3 aromatic carbocycles. The molecule has 0 saturated carbocycles. The van der Waals surface area contributed by atoms with Gasteiger partial charge in [0.05, 0.1) is 19.1 Å². The number of amides is 1. The fourth-order valence-electron chi connectivity index (χ4n) is 4.63. The first-order valence-corrected chi connectivity index (χ1v) is 12.2. The average Bonchev–Trinajstić information content (AvgIpc) is 3.21. The zero-order valence-corrected chi connectivity index (χ0v) is 21.1. The third-order valence-electron chi connectivity index (χ3n) is 6.26. The number of carbonyl (C=O) groups is 2. The number of ether oxygens (including phenoxy) is 1. The SMILES string of the molecule is COC(=O)c1c(NC(=O)Cc2cccc3ccccc23)sc2c1CCN(Cc1ccccc1)C2.Cl. The van der Waals surface area contributed by atoms with E-state index in [4.69, 9.17) is 4.74 Å². The lowest BCUT2D eigenvalue weighted by atomic mass is 10.0. The van der Waals surface area contributed by atoms with E-state index in [2.05, 4.69) is 34.5 Å². The van der Waals surface area contributed by atoms with Crippen LogP contribution in [-0.4, -0.2) is 30.4 Å². The van der Waals surface area contributed by atoms with Crippen molar-refractivity contribution in [3.05, 3.63) is 99.9 Å². The molecule has 1 aliphatic rings. The number of carbonyl (C=O) groups excluding carboxylic acids is 2. The Morgan fingerprint density at radius 1 is 1.00 bits per heavy atom. The van der Waals surface area contributed by atoms with Crippen LogP contribution in [-0.2, 0) is 35.5 Å². The molecule has 0 aliphatic carbocycles. The van der Waals surface area contributed by atoms with Gasteiger partial charge in [-0.15, -0.1) is 23.7 Å². The molecule has 5 rings (SSSR count). The molecule has 0 radical (unpaired) electrons. The quantitative estimate of drug-likeness (QED) is 0.333. The Bertz CT molecular complexity index is 1350.